The van der Waals surface area contributed by atoms with Gasteiger partial charge in [-0.15, -0.1) is 0 Å². The molecule has 9 heteroatoms. The molecule has 1 aromatic carbocycles. The summed E-state index contributed by atoms with van der Waals surface area (Å²) in [4.78, 5) is 27.2. The summed E-state index contributed by atoms with van der Waals surface area (Å²) in [5.41, 5.74) is 0.261. The molecule has 1 saturated carbocycles. The van der Waals surface area contributed by atoms with Crippen LogP contribution in [0.2, 0.25) is 0 Å². The fourth-order valence-corrected chi connectivity index (χ4v) is 5.13. The van der Waals surface area contributed by atoms with Crippen LogP contribution in [0.5, 0.6) is 11.5 Å². The van der Waals surface area contributed by atoms with Crippen molar-refractivity contribution >= 4 is 12.0 Å². The maximum atomic E-state index is 13.4. The van der Waals surface area contributed by atoms with Crippen molar-refractivity contribution in [3.05, 3.63) is 23.8 Å². The van der Waals surface area contributed by atoms with E-state index < -0.39 is 17.7 Å². The molecule has 1 heterocycles. The van der Waals surface area contributed by atoms with E-state index in [-0.39, 0.29) is 25.7 Å². The van der Waals surface area contributed by atoms with Crippen LogP contribution in [0, 0.1) is 5.92 Å². The minimum Gasteiger partial charge on any atom is -0.497 e. The summed E-state index contributed by atoms with van der Waals surface area (Å²) in [6.07, 6.45) is 6.39. The first-order chi connectivity index (χ1) is 17.2. The van der Waals surface area contributed by atoms with Crippen LogP contribution in [0.4, 0.5) is 4.79 Å². The highest BCUT2D eigenvalue weighted by atomic mass is 16.6. The van der Waals surface area contributed by atoms with E-state index in [0.717, 1.165) is 31.4 Å². The van der Waals surface area contributed by atoms with Crippen molar-refractivity contribution in [1.29, 1.82) is 0 Å². The quantitative estimate of drug-likeness (QED) is 0.419. The lowest BCUT2D eigenvalue weighted by atomic mass is 9.78. The van der Waals surface area contributed by atoms with Crippen molar-refractivity contribution in [2.45, 2.75) is 83.5 Å². The normalized spacial score (nSPS) is 20.8. The van der Waals surface area contributed by atoms with E-state index in [9.17, 15) is 14.7 Å². The molecule has 0 unspecified atom stereocenters. The monoisotopic (exact) mass is 505 g/mol. The summed E-state index contributed by atoms with van der Waals surface area (Å²) < 4.78 is 16.5. The minimum absolute atomic E-state index is 0.0216. The van der Waals surface area contributed by atoms with Crippen molar-refractivity contribution in [2.24, 2.45) is 5.92 Å². The Morgan fingerprint density at radius 3 is 2.64 bits per heavy atom. The number of nitrogens with zero attached hydrogens (tertiary/aromatic N) is 1. The van der Waals surface area contributed by atoms with Crippen LogP contribution in [0.15, 0.2) is 18.2 Å². The Kier molecular flexibility index (Phi) is 10.2. The number of aliphatic hydroxyl groups is 1. The van der Waals surface area contributed by atoms with Crippen molar-refractivity contribution in [2.75, 3.05) is 33.4 Å². The zero-order valence-electron chi connectivity index (χ0n) is 22.2. The van der Waals surface area contributed by atoms with Crippen molar-refractivity contribution in [3.8, 4) is 11.5 Å². The number of carbonyl (C=O) groups excluding carboxylic acids is 2. The van der Waals surface area contributed by atoms with Gasteiger partial charge in [0.25, 0.3) is 0 Å². The van der Waals surface area contributed by atoms with E-state index >= 15 is 0 Å². The third kappa shape index (κ3) is 8.00. The molecule has 3 N–H and O–H groups in total. The lowest BCUT2D eigenvalue weighted by Gasteiger charge is -2.45. The van der Waals surface area contributed by atoms with Crippen LogP contribution in [-0.4, -0.2) is 73.1 Å². The van der Waals surface area contributed by atoms with Gasteiger partial charge in [-0.2, -0.15) is 0 Å². The predicted octanol–water partition coefficient (Wildman–Crippen LogP) is 3.23. The number of hydrogen-bond acceptors (Lipinski definition) is 7. The summed E-state index contributed by atoms with van der Waals surface area (Å²) in [6, 6.07) is 5.11. The molecule has 2 amide bonds. The van der Waals surface area contributed by atoms with Gasteiger partial charge in [-0.05, 0) is 58.4 Å². The number of methoxy groups -OCH3 is 1. The molecule has 36 heavy (non-hydrogen) atoms. The second-order valence-electron chi connectivity index (χ2n) is 10.7. The maximum absolute atomic E-state index is 13.4. The number of benzene rings is 1. The zero-order chi connectivity index (χ0) is 26.1. The number of rotatable bonds is 10. The zero-order valence-corrected chi connectivity index (χ0v) is 22.2. The van der Waals surface area contributed by atoms with Gasteiger partial charge >= 0.3 is 6.09 Å². The van der Waals surface area contributed by atoms with Crippen LogP contribution in [0.3, 0.4) is 0 Å². The minimum atomic E-state index is -0.672. The molecule has 0 bridgehead atoms. The predicted molar refractivity (Wildman–Crippen MR) is 137 cm³/mol. The fourth-order valence-electron chi connectivity index (χ4n) is 5.13. The van der Waals surface area contributed by atoms with Crippen LogP contribution < -0.4 is 20.1 Å². The van der Waals surface area contributed by atoms with E-state index in [4.69, 9.17) is 14.2 Å². The molecule has 0 aromatic heterocycles. The number of alkyl carbamates (subject to hydrolysis) is 1. The highest BCUT2D eigenvalue weighted by molar-refractivity contribution is 5.82. The average molecular weight is 506 g/mol. The smallest absolute Gasteiger partial charge is 0.407 e. The first kappa shape index (κ1) is 28.1. The molecular weight excluding hydrogens is 462 g/mol. The maximum Gasteiger partial charge on any atom is 0.407 e. The largest absolute Gasteiger partial charge is 0.497 e. The number of piperidine rings is 1. The molecule has 202 valence electrons. The SMILES string of the molecule is COc1ccc(CN[C@H](CO)C(=O)N2CCC[C@H]3CCCC[C@@H]32)c(OCCNC(=O)OC(C)(C)C)c1. The Morgan fingerprint density at radius 1 is 1.17 bits per heavy atom. The third-order valence-electron chi connectivity index (χ3n) is 6.85. The number of aliphatic hydroxyl groups excluding tert-OH is 1. The summed E-state index contributed by atoms with van der Waals surface area (Å²) >= 11 is 0. The van der Waals surface area contributed by atoms with Crippen LogP contribution in [-0.2, 0) is 16.1 Å². The molecule has 3 atom stereocenters. The number of hydrogen-bond donors (Lipinski definition) is 3. The Bertz CT molecular complexity index is 870. The van der Waals surface area contributed by atoms with Crippen LogP contribution in [0.25, 0.3) is 0 Å². The van der Waals surface area contributed by atoms with Crippen molar-refractivity contribution in [1.82, 2.24) is 15.5 Å². The Labute approximate surface area is 214 Å². The Balaban J connectivity index is 1.58. The summed E-state index contributed by atoms with van der Waals surface area (Å²) in [7, 11) is 1.58. The van der Waals surface area contributed by atoms with Gasteiger partial charge in [0.05, 0.1) is 20.3 Å². The molecule has 1 aromatic rings. The highest BCUT2D eigenvalue weighted by Gasteiger charge is 2.37. The first-order valence-electron chi connectivity index (χ1n) is 13.1. The fraction of sp³-hybridized carbons (Fsp3) is 0.704. The molecule has 3 rings (SSSR count). The third-order valence-corrected chi connectivity index (χ3v) is 6.85. The van der Waals surface area contributed by atoms with Gasteiger partial charge in [0.1, 0.15) is 29.7 Å². The summed E-state index contributed by atoms with van der Waals surface area (Å²) in [6.45, 7) is 6.77. The molecule has 0 spiro atoms. The second-order valence-corrected chi connectivity index (χ2v) is 10.7. The van der Waals surface area contributed by atoms with E-state index in [1.807, 2.05) is 37.8 Å². The van der Waals surface area contributed by atoms with Crippen molar-refractivity contribution in [3.63, 3.8) is 0 Å². The number of carbonyl (C=O) groups is 2. The molecule has 2 fully saturated rings. The van der Waals surface area contributed by atoms with Gasteiger partial charge in [-0.3, -0.25) is 10.1 Å². The second kappa shape index (κ2) is 13.1. The van der Waals surface area contributed by atoms with Gasteiger partial charge in [-0.1, -0.05) is 18.9 Å². The average Bonchev–Trinajstić information content (AvgIpc) is 2.85. The number of fused-ring (bicyclic) bond motifs is 1. The summed E-state index contributed by atoms with van der Waals surface area (Å²) in [5.74, 6) is 1.79. The summed E-state index contributed by atoms with van der Waals surface area (Å²) in [5, 5.41) is 16.0. The van der Waals surface area contributed by atoms with Crippen LogP contribution in [0.1, 0.15) is 64.9 Å². The molecule has 1 saturated heterocycles. The lowest BCUT2D eigenvalue weighted by Crippen LogP contribution is -2.56. The van der Waals surface area contributed by atoms with Gasteiger partial charge in [0.15, 0.2) is 0 Å². The first-order valence-corrected chi connectivity index (χ1v) is 13.1. The highest BCUT2D eigenvalue weighted by Crippen LogP contribution is 2.35. The van der Waals surface area contributed by atoms with E-state index in [0.29, 0.717) is 30.0 Å². The lowest BCUT2D eigenvalue weighted by molar-refractivity contribution is -0.141. The van der Waals surface area contributed by atoms with Crippen molar-refractivity contribution < 1.29 is 28.9 Å². The van der Waals surface area contributed by atoms with Gasteiger partial charge < -0.3 is 29.5 Å². The molecule has 1 aliphatic heterocycles. The number of ether oxygens (including phenoxy) is 3. The van der Waals surface area contributed by atoms with E-state index in [1.165, 1.54) is 19.3 Å². The molecule has 9 nitrogen and oxygen atoms in total. The molecule has 0 radical (unpaired) electrons. The Hall–Kier alpha value is -2.52. The van der Waals surface area contributed by atoms with Gasteiger partial charge in [0, 0.05) is 30.8 Å². The topological polar surface area (TPSA) is 109 Å². The van der Waals surface area contributed by atoms with E-state index in [1.54, 1.807) is 13.2 Å². The molecular formula is C27H43N3O6. The molecule has 1 aliphatic carbocycles. The standard InChI is InChI=1S/C27H43N3O6/c1-27(2,3)36-26(33)28-13-15-35-24-16-21(34-4)12-11-20(24)17-29-22(18-31)25(32)30-14-7-9-19-8-5-6-10-23(19)30/h11-12,16,19,22-23,29,31H,5-10,13-15,17-18H2,1-4H3,(H,28,33)/t19-,22-,23+/m1/s1. The van der Waals surface area contributed by atoms with E-state index in [2.05, 4.69) is 10.6 Å². The Morgan fingerprint density at radius 2 is 1.92 bits per heavy atom. The van der Waals surface area contributed by atoms with Gasteiger partial charge in [0.2, 0.25) is 5.91 Å². The molecule has 2 aliphatic rings. The number of amides is 2. The number of likely N-dealkylation sites (tertiary alicyclic amines) is 1. The number of nitrogens with one attached hydrogen (secondary N) is 2. The van der Waals surface area contributed by atoms with Gasteiger partial charge in [-0.25, -0.2) is 4.79 Å². The van der Waals surface area contributed by atoms with Crippen LogP contribution >= 0.6 is 0 Å².